The van der Waals surface area contributed by atoms with Gasteiger partial charge >= 0.3 is 0 Å². The Bertz CT molecular complexity index is 1230. The van der Waals surface area contributed by atoms with Gasteiger partial charge in [0.2, 0.25) is 11.9 Å². The largest absolute Gasteiger partial charge is 0.495 e. The van der Waals surface area contributed by atoms with E-state index in [-0.39, 0.29) is 23.9 Å². The molecule has 0 radical (unpaired) electrons. The van der Waals surface area contributed by atoms with Gasteiger partial charge in [-0.15, -0.1) is 5.92 Å². The van der Waals surface area contributed by atoms with Crippen LogP contribution in [0.3, 0.4) is 0 Å². The smallest absolute Gasteiger partial charge is 0.251 e. The van der Waals surface area contributed by atoms with Gasteiger partial charge in [-0.2, -0.15) is 4.98 Å². The van der Waals surface area contributed by atoms with Crippen LogP contribution in [-0.4, -0.2) is 79.1 Å². The molecule has 1 atom stereocenters. The summed E-state index contributed by atoms with van der Waals surface area (Å²) in [5.74, 6) is 7.68. The number of piperidine rings is 1. The minimum atomic E-state index is -0.284. The molecule has 0 bridgehead atoms. The van der Waals surface area contributed by atoms with E-state index in [2.05, 4.69) is 37.3 Å². The van der Waals surface area contributed by atoms with Crippen molar-refractivity contribution >= 4 is 35.0 Å². The predicted molar refractivity (Wildman–Crippen MR) is 149 cm³/mol. The van der Waals surface area contributed by atoms with Crippen LogP contribution in [0.15, 0.2) is 24.4 Å². The number of aromatic nitrogens is 2. The molecule has 0 saturated carbocycles. The molecule has 0 aliphatic carbocycles. The van der Waals surface area contributed by atoms with Gasteiger partial charge < -0.3 is 25.2 Å². The minimum Gasteiger partial charge on any atom is -0.495 e. The van der Waals surface area contributed by atoms with E-state index in [1.54, 1.807) is 43.5 Å². The summed E-state index contributed by atoms with van der Waals surface area (Å²) in [6.45, 7) is 8.96. The number of carbonyl (C=O) groups is 2. The molecule has 1 aromatic carbocycles. The van der Waals surface area contributed by atoms with Crippen LogP contribution in [-0.2, 0) is 4.79 Å². The van der Waals surface area contributed by atoms with Crippen LogP contribution in [0.1, 0.15) is 50.4 Å². The Labute approximate surface area is 224 Å². The number of ether oxygens (including phenoxy) is 1. The average molecular weight is 520 g/mol. The summed E-state index contributed by atoms with van der Waals surface area (Å²) < 4.78 is 5.54. The van der Waals surface area contributed by atoms with E-state index < -0.39 is 0 Å². The zero-order chi connectivity index (χ0) is 27.2. The van der Waals surface area contributed by atoms with Gasteiger partial charge in [-0.1, -0.05) is 12.8 Å². The zero-order valence-corrected chi connectivity index (χ0v) is 22.9. The number of nitrogens with one attached hydrogen (secondary N) is 2. The Morgan fingerprint density at radius 2 is 2.00 bits per heavy atom. The third kappa shape index (κ3) is 5.53. The number of nitrogens with zero attached hydrogens (tertiary/aromatic N) is 5. The molecule has 4 rings (SSSR count). The van der Waals surface area contributed by atoms with Crippen molar-refractivity contribution < 1.29 is 14.3 Å². The van der Waals surface area contributed by atoms with Crippen LogP contribution in [0.25, 0.3) is 0 Å². The van der Waals surface area contributed by atoms with Gasteiger partial charge in [0.05, 0.1) is 25.5 Å². The molecule has 1 aromatic heterocycles. The topological polar surface area (TPSA) is 103 Å². The summed E-state index contributed by atoms with van der Waals surface area (Å²) in [6, 6.07) is 5.11. The van der Waals surface area contributed by atoms with E-state index in [1.807, 2.05) is 20.8 Å². The Morgan fingerprint density at radius 3 is 2.66 bits per heavy atom. The van der Waals surface area contributed by atoms with Gasteiger partial charge in [-0.05, 0) is 51.3 Å². The summed E-state index contributed by atoms with van der Waals surface area (Å²) in [4.78, 5) is 41.2. The lowest BCUT2D eigenvalue weighted by atomic mass is 9.97. The molecule has 38 heavy (non-hydrogen) atoms. The van der Waals surface area contributed by atoms with Crippen molar-refractivity contribution in [2.45, 2.75) is 52.1 Å². The second kappa shape index (κ2) is 12.1. The van der Waals surface area contributed by atoms with Crippen LogP contribution < -0.4 is 25.2 Å². The van der Waals surface area contributed by atoms with Crippen molar-refractivity contribution in [2.24, 2.45) is 0 Å². The number of hydrogen-bond donors (Lipinski definition) is 2. The maximum Gasteiger partial charge on any atom is 0.251 e. The molecule has 2 N–H and O–H groups in total. The lowest BCUT2D eigenvalue weighted by Gasteiger charge is -2.46. The predicted octanol–water partition coefficient (Wildman–Crippen LogP) is 3.03. The Hall–Kier alpha value is -3.84. The summed E-state index contributed by atoms with van der Waals surface area (Å²) in [7, 11) is 3.34. The van der Waals surface area contributed by atoms with E-state index in [0.717, 1.165) is 38.3 Å². The number of methoxy groups -OCH3 is 1. The van der Waals surface area contributed by atoms with E-state index in [4.69, 9.17) is 9.72 Å². The van der Waals surface area contributed by atoms with Gasteiger partial charge in [0.1, 0.15) is 17.5 Å². The Balaban J connectivity index is 1.64. The third-order valence-electron chi connectivity index (χ3n) is 7.17. The zero-order valence-electron chi connectivity index (χ0n) is 22.9. The summed E-state index contributed by atoms with van der Waals surface area (Å²) in [5, 5.41) is 6.05. The highest BCUT2D eigenvalue weighted by Gasteiger charge is 2.41. The first-order valence-corrected chi connectivity index (χ1v) is 13.2. The molecule has 3 heterocycles. The molecule has 0 spiro atoms. The number of hydrogen-bond acceptors (Lipinski definition) is 8. The van der Waals surface area contributed by atoms with Crippen molar-refractivity contribution in [3.63, 3.8) is 0 Å². The van der Waals surface area contributed by atoms with E-state index in [1.165, 1.54) is 0 Å². The van der Waals surface area contributed by atoms with Crippen LogP contribution in [0, 0.1) is 11.8 Å². The highest BCUT2D eigenvalue weighted by atomic mass is 16.5. The van der Waals surface area contributed by atoms with Crippen LogP contribution in [0.2, 0.25) is 0 Å². The first-order valence-electron chi connectivity index (χ1n) is 13.2. The molecule has 0 unspecified atom stereocenters. The van der Waals surface area contributed by atoms with Gasteiger partial charge in [0, 0.05) is 38.3 Å². The van der Waals surface area contributed by atoms with Crippen molar-refractivity contribution in [2.75, 3.05) is 55.5 Å². The number of benzene rings is 1. The number of likely N-dealkylation sites (N-methyl/N-ethyl adjacent to an activating group) is 1. The number of carbonyl (C=O) groups excluding carboxylic acids is 2. The number of amides is 2. The molecule has 1 fully saturated rings. The molecule has 2 aliphatic rings. The Morgan fingerprint density at radius 1 is 1.24 bits per heavy atom. The fourth-order valence-electron chi connectivity index (χ4n) is 5.13. The van der Waals surface area contributed by atoms with Crippen molar-refractivity contribution in [1.82, 2.24) is 20.2 Å². The summed E-state index contributed by atoms with van der Waals surface area (Å²) in [6.07, 6.45) is 4.25. The number of fused-ring (bicyclic) bond motifs is 1. The SMILES string of the molecule is CC#CCN1CCC(N2c3nc(Nc4ccc(C(=O)NCC)cc4OC)ncc3N(C)C(=O)[C@H]2CC)CC1. The Kier molecular flexibility index (Phi) is 8.69. The van der Waals surface area contributed by atoms with Gasteiger partial charge in [-0.3, -0.25) is 14.5 Å². The molecule has 2 amide bonds. The second-order valence-corrected chi connectivity index (χ2v) is 9.46. The quantitative estimate of drug-likeness (QED) is 0.513. The molecule has 2 aromatic rings. The first kappa shape index (κ1) is 27.2. The van der Waals surface area contributed by atoms with E-state index in [0.29, 0.717) is 41.6 Å². The van der Waals surface area contributed by atoms with E-state index in [9.17, 15) is 9.59 Å². The van der Waals surface area contributed by atoms with Gasteiger partial charge in [0.15, 0.2) is 5.82 Å². The maximum absolute atomic E-state index is 13.3. The lowest BCUT2D eigenvalue weighted by molar-refractivity contribution is -0.120. The molecule has 10 heteroatoms. The molecular formula is C28H37N7O3. The van der Waals surface area contributed by atoms with Crippen molar-refractivity contribution in [3.8, 4) is 17.6 Å². The molecule has 202 valence electrons. The van der Waals surface area contributed by atoms with Crippen LogP contribution >= 0.6 is 0 Å². The highest BCUT2D eigenvalue weighted by Crippen LogP contribution is 2.39. The highest BCUT2D eigenvalue weighted by molar-refractivity contribution is 6.04. The fraction of sp³-hybridized carbons (Fsp3) is 0.500. The van der Waals surface area contributed by atoms with Crippen LogP contribution in [0.4, 0.5) is 23.1 Å². The van der Waals surface area contributed by atoms with Crippen LogP contribution in [0.5, 0.6) is 5.75 Å². The number of likely N-dealkylation sites (tertiary alicyclic amines) is 1. The number of anilines is 4. The molecule has 2 aliphatic heterocycles. The van der Waals surface area contributed by atoms with E-state index >= 15 is 0 Å². The monoisotopic (exact) mass is 519 g/mol. The normalized spacial score (nSPS) is 17.9. The summed E-state index contributed by atoms with van der Waals surface area (Å²) in [5.41, 5.74) is 1.85. The standard InChI is InChI=1S/C28H37N7O3/c1-6-9-14-34-15-12-20(13-16-34)35-22(7-2)27(37)33(4)23-18-30-28(32-25(23)35)31-21-11-10-19(17-24(21)38-5)26(36)29-8-3/h10-11,17-18,20,22H,7-8,12-16H2,1-5H3,(H,29,36)(H,30,31,32)/t22-/m1/s1. The van der Waals surface area contributed by atoms with Crippen molar-refractivity contribution in [1.29, 1.82) is 0 Å². The third-order valence-corrected chi connectivity index (χ3v) is 7.17. The summed E-state index contributed by atoms with van der Waals surface area (Å²) >= 11 is 0. The fourth-order valence-corrected chi connectivity index (χ4v) is 5.13. The molecule has 10 nitrogen and oxygen atoms in total. The number of rotatable bonds is 8. The maximum atomic E-state index is 13.3. The average Bonchev–Trinajstić information content (AvgIpc) is 2.94. The van der Waals surface area contributed by atoms with Crippen molar-refractivity contribution in [3.05, 3.63) is 30.0 Å². The van der Waals surface area contributed by atoms with Gasteiger partial charge in [-0.25, -0.2) is 4.98 Å². The molecular weight excluding hydrogens is 482 g/mol. The van der Waals surface area contributed by atoms with Gasteiger partial charge in [0.25, 0.3) is 5.91 Å². The second-order valence-electron chi connectivity index (χ2n) is 9.46. The minimum absolute atomic E-state index is 0.0613. The molecule has 1 saturated heterocycles. The first-order chi connectivity index (χ1) is 18.4. The lowest BCUT2D eigenvalue weighted by Crippen LogP contribution is -2.58.